The molecule has 3 rings (SSSR count). The van der Waals surface area contributed by atoms with Crippen molar-refractivity contribution < 1.29 is 23.5 Å². The van der Waals surface area contributed by atoms with Gasteiger partial charge in [-0.15, -0.1) is 11.3 Å². The van der Waals surface area contributed by atoms with Gasteiger partial charge in [-0.25, -0.2) is 18.6 Å². The molecule has 0 saturated heterocycles. The number of aromatic carboxylic acids is 1. The fourth-order valence-electron chi connectivity index (χ4n) is 2.58. The van der Waals surface area contributed by atoms with E-state index in [1.54, 1.807) is 0 Å². The number of carboxylic acids is 1. The third kappa shape index (κ3) is 3.59. The van der Waals surface area contributed by atoms with E-state index in [0.717, 1.165) is 6.07 Å². The molecule has 1 aromatic carbocycles. The standard InChI is InChI=1S/C16H14F2N2O3S/c17-8-1-2-9(12(18)5-8)10-6-11(10)15(21)19-4-3-14-20-13(7-24-14)16(22)23/h1-2,5,7,10-11H,3-4,6H2,(H,19,21)(H,22,23). The van der Waals surface area contributed by atoms with Gasteiger partial charge in [-0.05, 0) is 24.0 Å². The molecule has 2 aromatic rings. The van der Waals surface area contributed by atoms with Gasteiger partial charge in [0.2, 0.25) is 5.91 Å². The lowest BCUT2D eigenvalue weighted by atomic mass is 10.1. The number of carbonyl (C=O) groups excluding carboxylic acids is 1. The van der Waals surface area contributed by atoms with Gasteiger partial charge in [0.05, 0.1) is 5.01 Å². The molecular weight excluding hydrogens is 338 g/mol. The summed E-state index contributed by atoms with van der Waals surface area (Å²) < 4.78 is 26.6. The van der Waals surface area contributed by atoms with Gasteiger partial charge in [0.1, 0.15) is 11.6 Å². The Morgan fingerprint density at radius 1 is 1.38 bits per heavy atom. The molecule has 1 saturated carbocycles. The van der Waals surface area contributed by atoms with E-state index in [0.29, 0.717) is 30.0 Å². The number of amides is 1. The van der Waals surface area contributed by atoms with Gasteiger partial charge in [-0.2, -0.15) is 0 Å². The number of nitrogens with zero attached hydrogens (tertiary/aromatic N) is 1. The quantitative estimate of drug-likeness (QED) is 0.837. The van der Waals surface area contributed by atoms with Gasteiger partial charge in [-0.3, -0.25) is 4.79 Å². The maximum Gasteiger partial charge on any atom is 0.355 e. The van der Waals surface area contributed by atoms with Crippen molar-refractivity contribution in [1.82, 2.24) is 10.3 Å². The Kier molecular flexibility index (Phi) is 4.57. The van der Waals surface area contributed by atoms with Gasteiger partial charge in [0.25, 0.3) is 0 Å². The molecule has 0 radical (unpaired) electrons. The minimum absolute atomic E-state index is 0.00429. The number of benzene rings is 1. The summed E-state index contributed by atoms with van der Waals surface area (Å²) in [6, 6.07) is 3.39. The Labute approximate surface area is 140 Å². The van der Waals surface area contributed by atoms with Crippen LogP contribution in [0.25, 0.3) is 0 Å². The van der Waals surface area contributed by atoms with Gasteiger partial charge >= 0.3 is 5.97 Å². The van der Waals surface area contributed by atoms with Crippen LogP contribution in [-0.4, -0.2) is 28.5 Å². The summed E-state index contributed by atoms with van der Waals surface area (Å²) in [5.74, 6) is -3.05. The molecule has 1 fully saturated rings. The van der Waals surface area contributed by atoms with Crippen LogP contribution < -0.4 is 5.32 Å². The number of halogens is 2. The molecule has 24 heavy (non-hydrogen) atoms. The summed E-state index contributed by atoms with van der Waals surface area (Å²) >= 11 is 1.23. The van der Waals surface area contributed by atoms with Crippen molar-refractivity contribution in [1.29, 1.82) is 0 Å². The molecule has 0 aliphatic heterocycles. The molecule has 1 aliphatic carbocycles. The molecule has 0 bridgehead atoms. The van der Waals surface area contributed by atoms with Crippen molar-refractivity contribution >= 4 is 23.2 Å². The summed E-state index contributed by atoms with van der Waals surface area (Å²) in [6.07, 6.45) is 0.973. The van der Waals surface area contributed by atoms with Crippen molar-refractivity contribution in [2.75, 3.05) is 6.54 Å². The summed E-state index contributed by atoms with van der Waals surface area (Å²) in [6.45, 7) is 0.334. The number of carbonyl (C=O) groups is 2. The van der Waals surface area contributed by atoms with E-state index in [1.165, 1.54) is 28.8 Å². The van der Waals surface area contributed by atoms with Crippen LogP contribution in [-0.2, 0) is 11.2 Å². The molecular formula is C16H14F2N2O3S. The van der Waals surface area contributed by atoms with Crippen LogP contribution in [0.15, 0.2) is 23.6 Å². The average molecular weight is 352 g/mol. The summed E-state index contributed by atoms with van der Waals surface area (Å²) in [5.41, 5.74) is 0.359. The zero-order valence-electron chi connectivity index (χ0n) is 12.5. The highest BCUT2D eigenvalue weighted by atomic mass is 32.1. The van der Waals surface area contributed by atoms with Crippen LogP contribution in [0.5, 0.6) is 0 Å². The number of hydrogen-bond donors (Lipinski definition) is 2. The maximum absolute atomic E-state index is 13.7. The SMILES string of the molecule is O=C(O)c1csc(CCNC(=O)C2CC2c2ccc(F)cc2F)n1. The Bertz CT molecular complexity index is 793. The lowest BCUT2D eigenvalue weighted by Gasteiger charge is -2.05. The highest BCUT2D eigenvalue weighted by molar-refractivity contribution is 7.09. The average Bonchev–Trinajstić information content (AvgIpc) is 3.16. The van der Waals surface area contributed by atoms with Crippen LogP contribution in [0.3, 0.4) is 0 Å². The van der Waals surface area contributed by atoms with Crippen molar-refractivity contribution in [2.45, 2.75) is 18.8 Å². The van der Waals surface area contributed by atoms with E-state index < -0.39 is 17.6 Å². The Morgan fingerprint density at radius 2 is 2.17 bits per heavy atom. The lowest BCUT2D eigenvalue weighted by molar-refractivity contribution is -0.122. The van der Waals surface area contributed by atoms with Crippen LogP contribution in [0, 0.1) is 17.6 Å². The zero-order valence-corrected chi connectivity index (χ0v) is 13.3. The zero-order chi connectivity index (χ0) is 17.3. The van der Waals surface area contributed by atoms with Crippen molar-refractivity contribution in [2.24, 2.45) is 5.92 Å². The molecule has 126 valence electrons. The highest BCUT2D eigenvalue weighted by Crippen LogP contribution is 2.48. The molecule has 1 amide bonds. The number of rotatable bonds is 6. The second-order valence-electron chi connectivity index (χ2n) is 5.59. The maximum atomic E-state index is 13.7. The first-order valence-corrected chi connectivity index (χ1v) is 8.24. The number of thiazole rings is 1. The second-order valence-corrected chi connectivity index (χ2v) is 6.53. The predicted octanol–water partition coefficient (Wildman–Crippen LogP) is 2.58. The molecule has 1 aromatic heterocycles. The largest absolute Gasteiger partial charge is 0.476 e. The third-order valence-corrected chi connectivity index (χ3v) is 4.81. The minimum atomic E-state index is -1.08. The molecule has 5 nitrogen and oxygen atoms in total. The lowest BCUT2D eigenvalue weighted by Crippen LogP contribution is -2.27. The number of nitrogens with one attached hydrogen (secondary N) is 1. The van der Waals surface area contributed by atoms with Crippen molar-refractivity contribution in [3.63, 3.8) is 0 Å². The fraction of sp³-hybridized carbons (Fsp3) is 0.312. The van der Waals surface area contributed by atoms with Crippen molar-refractivity contribution in [3.05, 3.63) is 51.5 Å². The van der Waals surface area contributed by atoms with Gasteiger partial charge < -0.3 is 10.4 Å². The summed E-state index contributed by atoms with van der Waals surface area (Å²) in [4.78, 5) is 26.7. The first-order valence-electron chi connectivity index (χ1n) is 7.36. The molecule has 1 heterocycles. The van der Waals surface area contributed by atoms with Crippen LogP contribution in [0.2, 0.25) is 0 Å². The van der Waals surface area contributed by atoms with E-state index in [4.69, 9.17) is 5.11 Å². The molecule has 1 aliphatic rings. The second kappa shape index (κ2) is 6.64. The number of aromatic nitrogens is 1. The van der Waals surface area contributed by atoms with E-state index in [1.807, 2.05) is 0 Å². The van der Waals surface area contributed by atoms with E-state index >= 15 is 0 Å². The summed E-state index contributed by atoms with van der Waals surface area (Å²) in [7, 11) is 0. The third-order valence-electron chi connectivity index (χ3n) is 3.90. The minimum Gasteiger partial charge on any atom is -0.476 e. The van der Waals surface area contributed by atoms with Crippen LogP contribution in [0.4, 0.5) is 8.78 Å². The monoisotopic (exact) mass is 352 g/mol. The van der Waals surface area contributed by atoms with Gasteiger partial charge in [-0.1, -0.05) is 6.07 Å². The van der Waals surface area contributed by atoms with Crippen LogP contribution in [0.1, 0.15) is 33.4 Å². The van der Waals surface area contributed by atoms with Gasteiger partial charge in [0.15, 0.2) is 5.69 Å². The smallest absolute Gasteiger partial charge is 0.355 e. The topological polar surface area (TPSA) is 79.3 Å². The van der Waals surface area contributed by atoms with E-state index in [2.05, 4.69) is 10.3 Å². The van der Waals surface area contributed by atoms with Crippen LogP contribution >= 0.6 is 11.3 Å². The molecule has 2 unspecified atom stereocenters. The summed E-state index contributed by atoms with van der Waals surface area (Å²) in [5, 5.41) is 13.6. The van der Waals surface area contributed by atoms with E-state index in [-0.39, 0.29) is 23.4 Å². The van der Waals surface area contributed by atoms with E-state index in [9.17, 15) is 18.4 Å². The number of hydrogen-bond acceptors (Lipinski definition) is 4. The molecule has 0 spiro atoms. The molecule has 8 heteroatoms. The van der Waals surface area contributed by atoms with Crippen molar-refractivity contribution in [3.8, 4) is 0 Å². The first kappa shape index (κ1) is 16.5. The number of carboxylic acid groups (broad SMARTS) is 1. The Balaban J connectivity index is 1.49. The molecule has 2 atom stereocenters. The Hall–Kier alpha value is -2.35. The first-order chi connectivity index (χ1) is 11.5. The van der Waals surface area contributed by atoms with Gasteiger partial charge in [0, 0.05) is 30.3 Å². The predicted molar refractivity (Wildman–Crippen MR) is 83.0 cm³/mol. The molecule has 2 N–H and O–H groups in total. The Morgan fingerprint density at radius 3 is 2.83 bits per heavy atom. The highest BCUT2D eigenvalue weighted by Gasteiger charge is 2.45. The fourth-order valence-corrected chi connectivity index (χ4v) is 3.35. The normalized spacial score (nSPS) is 19.1.